The zero-order valence-electron chi connectivity index (χ0n) is 17.2. The molecule has 0 aromatic heterocycles. The predicted octanol–water partition coefficient (Wildman–Crippen LogP) is 5.89. The van der Waals surface area contributed by atoms with Crippen molar-refractivity contribution in [3.63, 3.8) is 0 Å². The Hall–Kier alpha value is -2.27. The van der Waals surface area contributed by atoms with Crippen LogP contribution in [0.4, 0.5) is 14.9 Å². The van der Waals surface area contributed by atoms with Gasteiger partial charge in [-0.2, -0.15) is 0 Å². The van der Waals surface area contributed by atoms with E-state index < -0.39 is 5.60 Å². The van der Waals surface area contributed by atoms with Crippen LogP contribution in [0.5, 0.6) is 0 Å². The second kappa shape index (κ2) is 9.04. The lowest BCUT2D eigenvalue weighted by molar-refractivity contribution is 0.0204. The molecule has 1 heterocycles. The molecule has 0 aliphatic carbocycles. The molecule has 0 N–H and O–H groups in total. The largest absolute Gasteiger partial charge is 0.444 e. The fraction of sp³-hybridized carbons (Fsp3) is 0.435. The Bertz CT molecular complexity index is 828. The van der Waals surface area contributed by atoms with Crippen LogP contribution in [-0.2, 0) is 11.3 Å². The van der Waals surface area contributed by atoms with E-state index in [-0.39, 0.29) is 18.0 Å². The maximum Gasteiger partial charge on any atom is 0.410 e. The summed E-state index contributed by atoms with van der Waals surface area (Å²) in [5, 5.41) is 0.691. The Labute approximate surface area is 177 Å². The van der Waals surface area contributed by atoms with Gasteiger partial charge in [-0.05, 0) is 69.5 Å². The normalized spacial score (nSPS) is 15.3. The summed E-state index contributed by atoms with van der Waals surface area (Å²) in [6.07, 6.45) is 1.32. The highest BCUT2D eigenvalue weighted by molar-refractivity contribution is 6.30. The molecular weight excluding hydrogens is 391 g/mol. The minimum Gasteiger partial charge on any atom is -0.444 e. The third-order valence-corrected chi connectivity index (χ3v) is 5.21. The molecule has 0 spiro atoms. The summed E-state index contributed by atoms with van der Waals surface area (Å²) < 4.78 is 19.4. The van der Waals surface area contributed by atoms with Crippen LogP contribution in [0, 0.1) is 5.82 Å². The molecular formula is C23H28ClFN2O2. The monoisotopic (exact) mass is 418 g/mol. The molecule has 1 saturated heterocycles. The van der Waals surface area contributed by atoms with Crippen molar-refractivity contribution in [2.24, 2.45) is 0 Å². The molecule has 3 rings (SSSR count). The number of hydrogen-bond acceptors (Lipinski definition) is 3. The first kappa shape index (κ1) is 21.4. The lowest BCUT2D eigenvalue weighted by atomic mass is 10.0. The topological polar surface area (TPSA) is 32.8 Å². The number of nitrogens with zero attached hydrogens (tertiary/aromatic N) is 2. The van der Waals surface area contributed by atoms with E-state index in [1.807, 2.05) is 51.1 Å². The van der Waals surface area contributed by atoms with E-state index in [4.69, 9.17) is 16.3 Å². The number of carbonyl (C=O) groups excluding carboxylic acids is 1. The Morgan fingerprint density at radius 3 is 2.41 bits per heavy atom. The summed E-state index contributed by atoms with van der Waals surface area (Å²) >= 11 is 6.01. The van der Waals surface area contributed by atoms with Gasteiger partial charge in [-0.15, -0.1) is 0 Å². The number of rotatable bonds is 4. The van der Waals surface area contributed by atoms with E-state index in [9.17, 15) is 9.18 Å². The van der Waals surface area contributed by atoms with E-state index in [1.165, 1.54) is 6.07 Å². The van der Waals surface area contributed by atoms with Crippen LogP contribution in [0.2, 0.25) is 5.02 Å². The first-order valence-corrected chi connectivity index (χ1v) is 10.3. The van der Waals surface area contributed by atoms with Crippen molar-refractivity contribution in [2.75, 3.05) is 18.0 Å². The van der Waals surface area contributed by atoms with Crippen LogP contribution in [-0.4, -0.2) is 35.7 Å². The molecule has 1 fully saturated rings. The Morgan fingerprint density at radius 1 is 1.17 bits per heavy atom. The lowest BCUT2D eigenvalue weighted by Crippen LogP contribution is -2.48. The fourth-order valence-electron chi connectivity index (χ4n) is 3.56. The van der Waals surface area contributed by atoms with Gasteiger partial charge in [0.05, 0.1) is 0 Å². The zero-order valence-corrected chi connectivity index (χ0v) is 18.0. The van der Waals surface area contributed by atoms with Gasteiger partial charge in [0.1, 0.15) is 11.4 Å². The Morgan fingerprint density at radius 2 is 1.83 bits per heavy atom. The number of halogens is 2. The molecule has 0 radical (unpaired) electrons. The first-order chi connectivity index (χ1) is 13.7. The summed E-state index contributed by atoms with van der Waals surface area (Å²) in [6.45, 7) is 7.50. The van der Waals surface area contributed by atoms with Gasteiger partial charge >= 0.3 is 6.09 Å². The summed E-state index contributed by atoms with van der Waals surface area (Å²) in [6, 6.07) is 14.6. The van der Waals surface area contributed by atoms with Crippen LogP contribution >= 0.6 is 11.6 Å². The predicted molar refractivity (Wildman–Crippen MR) is 115 cm³/mol. The maximum atomic E-state index is 13.9. The molecule has 0 bridgehead atoms. The first-order valence-electron chi connectivity index (χ1n) is 9.96. The molecule has 2 aromatic rings. The van der Waals surface area contributed by atoms with Crippen molar-refractivity contribution in [3.05, 3.63) is 64.9 Å². The number of amides is 1. The number of likely N-dealkylation sites (tertiary alicyclic amines) is 1. The molecule has 1 aliphatic heterocycles. The summed E-state index contributed by atoms with van der Waals surface area (Å²) in [7, 11) is 0. The highest BCUT2D eigenvalue weighted by Crippen LogP contribution is 2.27. The zero-order chi connectivity index (χ0) is 21.0. The minimum absolute atomic E-state index is 0.200. The highest BCUT2D eigenvalue weighted by Gasteiger charge is 2.30. The number of anilines is 1. The van der Waals surface area contributed by atoms with Crippen molar-refractivity contribution in [1.82, 2.24) is 4.90 Å². The standard InChI is InChI=1S/C23H28ClFN2O2/c1-23(2,3)29-22(28)26-13-11-20(12-14-26)27(21-6-4-5-19(25)15-21)16-17-7-9-18(24)10-8-17/h4-10,15,20H,11-14,16H2,1-3H3. The smallest absolute Gasteiger partial charge is 0.410 e. The molecule has 1 amide bonds. The van der Waals surface area contributed by atoms with Gasteiger partial charge in [-0.1, -0.05) is 29.8 Å². The van der Waals surface area contributed by atoms with Crippen molar-refractivity contribution >= 4 is 23.4 Å². The summed E-state index contributed by atoms with van der Waals surface area (Å²) in [5.41, 5.74) is 1.44. The van der Waals surface area contributed by atoms with Gasteiger partial charge in [0.25, 0.3) is 0 Å². The average Bonchev–Trinajstić information content (AvgIpc) is 2.66. The molecule has 1 aliphatic rings. The molecule has 156 valence electrons. The quantitative estimate of drug-likeness (QED) is 0.621. The van der Waals surface area contributed by atoms with E-state index >= 15 is 0 Å². The van der Waals surface area contributed by atoms with Gasteiger partial charge in [-0.25, -0.2) is 9.18 Å². The van der Waals surface area contributed by atoms with Gasteiger partial charge in [-0.3, -0.25) is 0 Å². The number of piperidine rings is 1. The van der Waals surface area contributed by atoms with Crippen LogP contribution in [0.3, 0.4) is 0 Å². The van der Waals surface area contributed by atoms with Gasteiger partial charge in [0, 0.05) is 36.4 Å². The van der Waals surface area contributed by atoms with Gasteiger partial charge in [0.2, 0.25) is 0 Å². The lowest BCUT2D eigenvalue weighted by Gasteiger charge is -2.40. The number of benzene rings is 2. The molecule has 29 heavy (non-hydrogen) atoms. The third-order valence-electron chi connectivity index (χ3n) is 4.96. The van der Waals surface area contributed by atoms with E-state index in [2.05, 4.69) is 4.90 Å². The number of hydrogen-bond donors (Lipinski definition) is 0. The van der Waals surface area contributed by atoms with Gasteiger partial charge in [0.15, 0.2) is 0 Å². The van der Waals surface area contributed by atoms with Crippen LogP contribution in [0.1, 0.15) is 39.2 Å². The van der Waals surface area contributed by atoms with Crippen molar-refractivity contribution in [2.45, 2.75) is 51.8 Å². The highest BCUT2D eigenvalue weighted by atomic mass is 35.5. The second-order valence-electron chi connectivity index (χ2n) is 8.43. The summed E-state index contributed by atoms with van der Waals surface area (Å²) in [5.74, 6) is -0.255. The molecule has 0 unspecified atom stereocenters. The van der Waals surface area contributed by atoms with Crippen LogP contribution in [0.15, 0.2) is 48.5 Å². The van der Waals surface area contributed by atoms with Crippen LogP contribution in [0.25, 0.3) is 0 Å². The molecule has 2 aromatic carbocycles. The molecule has 6 heteroatoms. The van der Waals surface area contributed by atoms with Crippen LogP contribution < -0.4 is 4.90 Å². The molecule has 0 atom stereocenters. The molecule has 0 saturated carbocycles. The van der Waals surface area contributed by atoms with Crippen molar-refractivity contribution < 1.29 is 13.9 Å². The second-order valence-corrected chi connectivity index (χ2v) is 8.87. The van der Waals surface area contributed by atoms with Crippen molar-refractivity contribution in [3.8, 4) is 0 Å². The minimum atomic E-state index is -0.504. The number of carbonyl (C=O) groups is 1. The van der Waals surface area contributed by atoms with Crippen molar-refractivity contribution in [1.29, 1.82) is 0 Å². The Kier molecular flexibility index (Phi) is 6.68. The summed E-state index contributed by atoms with van der Waals surface area (Å²) in [4.78, 5) is 16.3. The third kappa shape index (κ3) is 6.10. The SMILES string of the molecule is CC(C)(C)OC(=O)N1CCC(N(Cc2ccc(Cl)cc2)c2cccc(F)c2)CC1. The maximum absolute atomic E-state index is 13.9. The average molecular weight is 419 g/mol. The van der Waals surface area contributed by atoms with E-state index in [0.717, 1.165) is 24.1 Å². The van der Waals surface area contributed by atoms with E-state index in [1.54, 1.807) is 17.0 Å². The fourth-order valence-corrected chi connectivity index (χ4v) is 3.69. The Balaban J connectivity index is 1.73. The van der Waals surface area contributed by atoms with Gasteiger partial charge < -0.3 is 14.5 Å². The molecule has 4 nitrogen and oxygen atoms in total. The number of ether oxygens (including phenoxy) is 1. The van der Waals surface area contributed by atoms with E-state index in [0.29, 0.717) is 24.7 Å².